The first kappa shape index (κ1) is 11.0. The Kier molecular flexibility index (Phi) is 3.70. The van der Waals surface area contributed by atoms with E-state index in [0.717, 1.165) is 36.7 Å². The van der Waals surface area contributed by atoms with E-state index in [2.05, 4.69) is 22.2 Å². The molecule has 1 aromatic rings. The third-order valence-corrected chi connectivity index (χ3v) is 3.61. The molecule has 0 saturated carbocycles. The number of thioether (sulfide) groups is 1. The number of fused-ring (bicyclic) bond motifs is 1. The zero-order valence-electron chi connectivity index (χ0n) is 8.72. The summed E-state index contributed by atoms with van der Waals surface area (Å²) in [6.07, 6.45) is 3.34. The van der Waals surface area contributed by atoms with Gasteiger partial charge in [-0.25, -0.2) is 4.98 Å². The lowest BCUT2D eigenvalue weighted by atomic mass is 10.3. The van der Waals surface area contributed by atoms with Crippen LogP contribution in [0.15, 0.2) is 4.90 Å². The van der Waals surface area contributed by atoms with Gasteiger partial charge in [-0.1, -0.05) is 13.3 Å². The number of nitrogens with one attached hydrogen (secondary N) is 1. The molecule has 1 aromatic heterocycles. The van der Waals surface area contributed by atoms with E-state index in [4.69, 9.17) is 11.6 Å². The first-order valence-electron chi connectivity index (χ1n) is 5.24. The molecule has 1 aliphatic heterocycles. The highest BCUT2D eigenvalue weighted by molar-refractivity contribution is 7.99. The minimum absolute atomic E-state index is 0.357. The van der Waals surface area contributed by atoms with Gasteiger partial charge in [0, 0.05) is 18.7 Å². The van der Waals surface area contributed by atoms with E-state index in [1.165, 1.54) is 11.3 Å². The number of nitrogens with zero attached hydrogens (tertiary/aromatic N) is 2. The van der Waals surface area contributed by atoms with Crippen molar-refractivity contribution < 1.29 is 0 Å². The molecule has 0 spiro atoms. The molecule has 0 aromatic carbocycles. The maximum Gasteiger partial charge on any atom is 0.224 e. The number of rotatable bonds is 4. The average molecular weight is 244 g/mol. The van der Waals surface area contributed by atoms with Crippen molar-refractivity contribution in [3.05, 3.63) is 11.0 Å². The monoisotopic (exact) mass is 243 g/mol. The van der Waals surface area contributed by atoms with Gasteiger partial charge >= 0.3 is 0 Å². The zero-order chi connectivity index (χ0) is 10.7. The van der Waals surface area contributed by atoms with Crippen LogP contribution in [-0.4, -0.2) is 22.3 Å². The summed E-state index contributed by atoms with van der Waals surface area (Å²) >= 11 is 7.68. The molecular formula is C10H14ClN3S. The number of anilines is 1. The largest absolute Gasteiger partial charge is 0.369 e. The standard InChI is InChI=1S/C10H14ClN3S/c1-2-3-5-12-9-8-7(4-6-15-8)13-10(11)14-9/h2-6H2,1H3,(H,12,13,14). The molecule has 2 rings (SSSR count). The van der Waals surface area contributed by atoms with Crippen LogP contribution in [0.4, 0.5) is 5.82 Å². The lowest BCUT2D eigenvalue weighted by molar-refractivity contribution is 0.825. The molecule has 2 heterocycles. The zero-order valence-corrected chi connectivity index (χ0v) is 10.3. The molecule has 82 valence electrons. The molecule has 0 saturated heterocycles. The molecule has 0 radical (unpaired) electrons. The van der Waals surface area contributed by atoms with Gasteiger partial charge in [0.2, 0.25) is 5.28 Å². The second-order valence-electron chi connectivity index (χ2n) is 3.50. The molecular weight excluding hydrogens is 230 g/mol. The van der Waals surface area contributed by atoms with Crippen molar-refractivity contribution in [1.82, 2.24) is 9.97 Å². The van der Waals surface area contributed by atoms with E-state index in [1.807, 2.05) is 11.8 Å². The highest BCUT2D eigenvalue weighted by Crippen LogP contribution is 2.35. The Bertz CT molecular complexity index is 357. The number of hydrogen-bond donors (Lipinski definition) is 1. The van der Waals surface area contributed by atoms with Gasteiger partial charge in [0.1, 0.15) is 5.82 Å². The molecule has 0 fully saturated rings. The topological polar surface area (TPSA) is 37.8 Å². The van der Waals surface area contributed by atoms with Crippen LogP contribution < -0.4 is 5.32 Å². The molecule has 0 bridgehead atoms. The summed E-state index contributed by atoms with van der Waals surface area (Å²) in [7, 11) is 0. The molecule has 15 heavy (non-hydrogen) atoms. The minimum atomic E-state index is 0.357. The SMILES string of the molecule is CCCCNc1nc(Cl)nc2c1SCC2. The average Bonchev–Trinajstić information content (AvgIpc) is 2.65. The van der Waals surface area contributed by atoms with Gasteiger partial charge in [-0.2, -0.15) is 4.98 Å². The Morgan fingerprint density at radius 1 is 1.47 bits per heavy atom. The fourth-order valence-corrected chi connectivity index (χ4v) is 2.80. The smallest absolute Gasteiger partial charge is 0.224 e. The second-order valence-corrected chi connectivity index (χ2v) is 4.94. The van der Waals surface area contributed by atoms with E-state index in [1.54, 1.807) is 0 Å². The molecule has 3 nitrogen and oxygen atoms in total. The third kappa shape index (κ3) is 2.55. The molecule has 1 N–H and O–H groups in total. The Labute approximate surface area is 99.0 Å². The fourth-order valence-electron chi connectivity index (χ4n) is 1.54. The van der Waals surface area contributed by atoms with Gasteiger partial charge in [0.15, 0.2) is 0 Å². The van der Waals surface area contributed by atoms with Crippen LogP contribution in [0.1, 0.15) is 25.5 Å². The van der Waals surface area contributed by atoms with Crippen molar-refractivity contribution in [1.29, 1.82) is 0 Å². The Balaban J connectivity index is 2.15. The molecule has 5 heteroatoms. The van der Waals surface area contributed by atoms with E-state index in [0.29, 0.717) is 5.28 Å². The summed E-state index contributed by atoms with van der Waals surface area (Å²) < 4.78 is 0. The van der Waals surface area contributed by atoms with Crippen LogP contribution in [0.25, 0.3) is 0 Å². The molecule has 0 amide bonds. The van der Waals surface area contributed by atoms with Gasteiger partial charge < -0.3 is 5.32 Å². The van der Waals surface area contributed by atoms with E-state index < -0.39 is 0 Å². The summed E-state index contributed by atoms with van der Waals surface area (Å²) in [5.74, 6) is 2.01. The first-order valence-corrected chi connectivity index (χ1v) is 6.60. The quantitative estimate of drug-likeness (QED) is 0.652. The normalized spacial score (nSPS) is 14.0. The van der Waals surface area contributed by atoms with Crippen LogP contribution in [0.5, 0.6) is 0 Å². The highest BCUT2D eigenvalue weighted by Gasteiger charge is 2.19. The maximum absolute atomic E-state index is 5.87. The van der Waals surface area contributed by atoms with Gasteiger partial charge in [-0.15, -0.1) is 11.8 Å². The Morgan fingerprint density at radius 2 is 2.33 bits per heavy atom. The van der Waals surface area contributed by atoms with E-state index >= 15 is 0 Å². The van der Waals surface area contributed by atoms with Crippen molar-refractivity contribution in [2.24, 2.45) is 0 Å². The maximum atomic E-state index is 5.87. The highest BCUT2D eigenvalue weighted by atomic mass is 35.5. The van der Waals surface area contributed by atoms with Crippen molar-refractivity contribution in [2.45, 2.75) is 31.1 Å². The van der Waals surface area contributed by atoms with Gasteiger partial charge in [-0.05, 0) is 18.0 Å². The molecule has 1 aliphatic rings. The summed E-state index contributed by atoms with van der Waals surface area (Å²) in [6.45, 7) is 3.13. The van der Waals surface area contributed by atoms with E-state index in [-0.39, 0.29) is 0 Å². The van der Waals surface area contributed by atoms with Crippen molar-refractivity contribution >= 4 is 29.2 Å². The number of aryl methyl sites for hydroxylation is 1. The van der Waals surface area contributed by atoms with Gasteiger partial charge in [0.25, 0.3) is 0 Å². The number of hydrogen-bond acceptors (Lipinski definition) is 4. The summed E-state index contributed by atoms with van der Waals surface area (Å²) in [5.41, 5.74) is 1.10. The number of aromatic nitrogens is 2. The van der Waals surface area contributed by atoms with Crippen LogP contribution in [0.2, 0.25) is 5.28 Å². The van der Waals surface area contributed by atoms with Gasteiger partial charge in [0.05, 0.1) is 10.6 Å². The van der Waals surface area contributed by atoms with Crippen molar-refractivity contribution in [3.63, 3.8) is 0 Å². The van der Waals surface area contributed by atoms with Crippen molar-refractivity contribution in [3.8, 4) is 0 Å². The van der Waals surface area contributed by atoms with Crippen molar-refractivity contribution in [2.75, 3.05) is 17.6 Å². The first-order chi connectivity index (χ1) is 7.31. The number of halogens is 1. The lowest BCUT2D eigenvalue weighted by Gasteiger charge is -2.08. The molecule has 0 unspecified atom stereocenters. The Morgan fingerprint density at radius 3 is 3.13 bits per heavy atom. The second kappa shape index (κ2) is 5.03. The summed E-state index contributed by atoms with van der Waals surface area (Å²) in [4.78, 5) is 9.67. The summed E-state index contributed by atoms with van der Waals surface area (Å²) in [5, 5.41) is 3.69. The third-order valence-electron chi connectivity index (χ3n) is 2.32. The predicted octanol–water partition coefficient (Wildman–Crippen LogP) is 2.99. The Hall–Kier alpha value is -0.480. The fraction of sp³-hybridized carbons (Fsp3) is 0.600. The van der Waals surface area contributed by atoms with Crippen LogP contribution in [0, 0.1) is 0 Å². The van der Waals surface area contributed by atoms with E-state index in [9.17, 15) is 0 Å². The molecule has 0 atom stereocenters. The van der Waals surface area contributed by atoms with Crippen LogP contribution in [-0.2, 0) is 6.42 Å². The lowest BCUT2D eigenvalue weighted by Crippen LogP contribution is -2.06. The van der Waals surface area contributed by atoms with Crippen LogP contribution in [0.3, 0.4) is 0 Å². The molecule has 0 aliphatic carbocycles. The predicted molar refractivity (Wildman–Crippen MR) is 64.9 cm³/mol. The summed E-state index contributed by atoms with van der Waals surface area (Å²) in [6, 6.07) is 0. The number of unbranched alkanes of at least 4 members (excludes halogenated alkanes) is 1. The minimum Gasteiger partial charge on any atom is -0.369 e. The van der Waals surface area contributed by atoms with Gasteiger partial charge in [-0.3, -0.25) is 0 Å². The van der Waals surface area contributed by atoms with Crippen LogP contribution >= 0.6 is 23.4 Å².